The van der Waals surface area contributed by atoms with Crippen molar-refractivity contribution >= 4 is 17.3 Å². The average Bonchev–Trinajstić information content (AvgIpc) is 3.23. The molecule has 3 rings (SSSR count). The second-order valence-electron chi connectivity index (χ2n) is 5.51. The summed E-state index contributed by atoms with van der Waals surface area (Å²) < 4.78 is 5.55. The maximum absolute atomic E-state index is 12.0. The zero-order chi connectivity index (χ0) is 15.0. The molecule has 0 unspecified atom stereocenters. The molecule has 1 saturated heterocycles. The second kappa shape index (κ2) is 5.33. The van der Waals surface area contributed by atoms with E-state index in [1.54, 1.807) is 17.0 Å². The van der Waals surface area contributed by atoms with E-state index >= 15 is 0 Å². The summed E-state index contributed by atoms with van der Waals surface area (Å²) in [5, 5.41) is 11.2. The zero-order valence-corrected chi connectivity index (χ0v) is 11.8. The Bertz CT molecular complexity index is 586. The lowest BCUT2D eigenvalue weighted by atomic mass is 10.2. The summed E-state index contributed by atoms with van der Waals surface area (Å²) in [4.78, 5) is 26.3. The molecule has 2 fully saturated rings. The summed E-state index contributed by atoms with van der Waals surface area (Å²) in [5.41, 5.74) is 0.481. The summed E-state index contributed by atoms with van der Waals surface area (Å²) in [7, 11) is 1.88. The van der Waals surface area contributed by atoms with E-state index in [1.165, 1.54) is 6.07 Å². The van der Waals surface area contributed by atoms with Crippen LogP contribution in [-0.2, 0) is 4.79 Å². The molecule has 1 heterocycles. The summed E-state index contributed by atoms with van der Waals surface area (Å²) in [6.45, 7) is 1.61. The number of nitro groups is 1. The minimum atomic E-state index is -0.457. The van der Waals surface area contributed by atoms with Crippen LogP contribution >= 0.6 is 0 Å². The van der Waals surface area contributed by atoms with Crippen molar-refractivity contribution in [1.29, 1.82) is 0 Å². The third-order valence-electron chi connectivity index (χ3n) is 3.68. The van der Waals surface area contributed by atoms with Crippen LogP contribution in [-0.4, -0.2) is 48.5 Å². The Hall–Kier alpha value is -2.15. The van der Waals surface area contributed by atoms with Crippen molar-refractivity contribution in [2.45, 2.75) is 18.9 Å². The quantitative estimate of drug-likeness (QED) is 0.619. The standard InChI is InChI=1S/C14H17N3O4/c1-15-6-7-16(14(18)9-15)10-2-5-13(21-11-3-4-11)12(8-10)17(19)20/h2,5,8,11H,3-4,6-7,9H2,1H3. The van der Waals surface area contributed by atoms with E-state index in [0.717, 1.165) is 19.4 Å². The van der Waals surface area contributed by atoms with Crippen molar-refractivity contribution in [2.75, 3.05) is 31.6 Å². The summed E-state index contributed by atoms with van der Waals surface area (Å²) in [6, 6.07) is 4.74. The number of carbonyl (C=O) groups is 1. The summed E-state index contributed by atoms with van der Waals surface area (Å²) >= 11 is 0. The number of anilines is 1. The van der Waals surface area contributed by atoms with Crippen molar-refractivity contribution in [3.05, 3.63) is 28.3 Å². The number of rotatable bonds is 4. The highest BCUT2D eigenvalue weighted by Crippen LogP contribution is 2.36. The van der Waals surface area contributed by atoms with Crippen LogP contribution in [0.3, 0.4) is 0 Å². The first-order valence-corrected chi connectivity index (χ1v) is 6.98. The highest BCUT2D eigenvalue weighted by atomic mass is 16.6. The number of likely N-dealkylation sites (N-methyl/N-ethyl adjacent to an activating group) is 1. The maximum atomic E-state index is 12.0. The fraction of sp³-hybridized carbons (Fsp3) is 0.500. The van der Waals surface area contributed by atoms with Gasteiger partial charge in [0, 0.05) is 19.2 Å². The van der Waals surface area contributed by atoms with Crippen LogP contribution in [0.4, 0.5) is 11.4 Å². The Morgan fingerprint density at radius 1 is 1.33 bits per heavy atom. The SMILES string of the molecule is CN1CCN(c2ccc(OC3CC3)c([N+](=O)[O-])c2)C(=O)C1. The molecule has 0 N–H and O–H groups in total. The molecule has 0 aromatic heterocycles. The van der Waals surface area contributed by atoms with Crippen LogP contribution in [0, 0.1) is 10.1 Å². The molecule has 1 saturated carbocycles. The fourth-order valence-corrected chi connectivity index (χ4v) is 2.35. The highest BCUT2D eigenvalue weighted by Gasteiger charge is 2.29. The summed E-state index contributed by atoms with van der Waals surface area (Å²) in [6.07, 6.45) is 1.98. The largest absolute Gasteiger partial charge is 0.483 e. The molecule has 0 radical (unpaired) electrons. The Labute approximate surface area is 122 Å². The monoisotopic (exact) mass is 291 g/mol. The van der Waals surface area contributed by atoms with Gasteiger partial charge in [-0.05, 0) is 32.0 Å². The normalized spacial score (nSPS) is 19.7. The van der Waals surface area contributed by atoms with Crippen molar-refractivity contribution in [2.24, 2.45) is 0 Å². The van der Waals surface area contributed by atoms with Gasteiger partial charge in [0.1, 0.15) is 0 Å². The van der Waals surface area contributed by atoms with Gasteiger partial charge in [-0.1, -0.05) is 0 Å². The van der Waals surface area contributed by atoms with Crippen LogP contribution in [0.25, 0.3) is 0 Å². The molecule has 2 aliphatic rings. The third-order valence-corrected chi connectivity index (χ3v) is 3.68. The number of amides is 1. The van der Waals surface area contributed by atoms with Crippen LogP contribution in [0.2, 0.25) is 0 Å². The van der Waals surface area contributed by atoms with Gasteiger partial charge in [0.15, 0.2) is 5.75 Å². The van der Waals surface area contributed by atoms with Gasteiger partial charge in [-0.15, -0.1) is 0 Å². The molecule has 21 heavy (non-hydrogen) atoms. The predicted octanol–water partition coefficient (Wildman–Crippen LogP) is 1.41. The average molecular weight is 291 g/mol. The Morgan fingerprint density at radius 2 is 2.10 bits per heavy atom. The van der Waals surface area contributed by atoms with E-state index in [-0.39, 0.29) is 23.4 Å². The molecule has 1 amide bonds. The lowest BCUT2D eigenvalue weighted by molar-refractivity contribution is -0.385. The van der Waals surface area contributed by atoms with Crippen LogP contribution in [0.15, 0.2) is 18.2 Å². The number of carbonyl (C=O) groups excluding carboxylic acids is 1. The second-order valence-corrected chi connectivity index (χ2v) is 5.51. The number of ether oxygens (including phenoxy) is 1. The van der Waals surface area contributed by atoms with Gasteiger partial charge in [-0.25, -0.2) is 0 Å². The van der Waals surface area contributed by atoms with E-state index in [1.807, 2.05) is 11.9 Å². The fourth-order valence-electron chi connectivity index (χ4n) is 2.35. The van der Waals surface area contributed by atoms with E-state index in [0.29, 0.717) is 18.8 Å². The molecule has 112 valence electrons. The summed E-state index contributed by atoms with van der Waals surface area (Å²) in [5.74, 6) is 0.238. The first kappa shape index (κ1) is 13.8. The van der Waals surface area contributed by atoms with Gasteiger partial charge in [0.05, 0.1) is 23.3 Å². The molecular weight excluding hydrogens is 274 g/mol. The molecule has 1 aromatic carbocycles. The van der Waals surface area contributed by atoms with Gasteiger partial charge in [-0.3, -0.25) is 19.8 Å². The molecule has 0 atom stereocenters. The number of nitro benzene ring substituents is 1. The van der Waals surface area contributed by atoms with Gasteiger partial charge >= 0.3 is 5.69 Å². The molecule has 0 bridgehead atoms. The number of nitrogens with zero attached hydrogens (tertiary/aromatic N) is 3. The lowest BCUT2D eigenvalue weighted by Gasteiger charge is -2.32. The first-order chi connectivity index (χ1) is 10.0. The zero-order valence-electron chi connectivity index (χ0n) is 11.8. The maximum Gasteiger partial charge on any atom is 0.313 e. The number of hydrogen-bond donors (Lipinski definition) is 0. The minimum Gasteiger partial charge on any atom is -0.483 e. The van der Waals surface area contributed by atoms with Gasteiger partial charge < -0.3 is 9.64 Å². The Balaban J connectivity index is 1.87. The van der Waals surface area contributed by atoms with Crippen LogP contribution in [0.1, 0.15) is 12.8 Å². The lowest BCUT2D eigenvalue weighted by Crippen LogP contribution is -2.48. The number of benzene rings is 1. The van der Waals surface area contributed by atoms with Gasteiger partial charge in [0.2, 0.25) is 5.91 Å². The van der Waals surface area contributed by atoms with Crippen molar-refractivity contribution in [3.8, 4) is 5.75 Å². The van der Waals surface area contributed by atoms with E-state index in [4.69, 9.17) is 4.74 Å². The van der Waals surface area contributed by atoms with Crippen molar-refractivity contribution in [1.82, 2.24) is 4.90 Å². The minimum absolute atomic E-state index is 0.0473. The topological polar surface area (TPSA) is 75.9 Å². The molecular formula is C14H17N3O4. The van der Waals surface area contributed by atoms with Crippen LogP contribution in [0.5, 0.6) is 5.75 Å². The van der Waals surface area contributed by atoms with E-state index in [2.05, 4.69) is 0 Å². The Kier molecular flexibility index (Phi) is 3.50. The molecule has 0 spiro atoms. The van der Waals surface area contributed by atoms with Gasteiger partial charge in [0.25, 0.3) is 0 Å². The van der Waals surface area contributed by atoms with Gasteiger partial charge in [-0.2, -0.15) is 0 Å². The van der Waals surface area contributed by atoms with Crippen molar-refractivity contribution < 1.29 is 14.5 Å². The molecule has 1 aromatic rings. The number of piperazine rings is 1. The molecule has 1 aliphatic carbocycles. The predicted molar refractivity (Wildman–Crippen MR) is 76.6 cm³/mol. The Morgan fingerprint density at radius 3 is 2.71 bits per heavy atom. The smallest absolute Gasteiger partial charge is 0.313 e. The van der Waals surface area contributed by atoms with Crippen molar-refractivity contribution in [3.63, 3.8) is 0 Å². The van der Waals surface area contributed by atoms with Crippen LogP contribution < -0.4 is 9.64 Å². The van der Waals surface area contributed by atoms with E-state index < -0.39 is 4.92 Å². The first-order valence-electron chi connectivity index (χ1n) is 6.98. The molecule has 7 nitrogen and oxygen atoms in total. The molecule has 1 aliphatic heterocycles. The van der Waals surface area contributed by atoms with E-state index in [9.17, 15) is 14.9 Å². The third kappa shape index (κ3) is 2.97. The molecule has 7 heteroatoms. The highest BCUT2D eigenvalue weighted by molar-refractivity contribution is 5.96. The number of hydrogen-bond acceptors (Lipinski definition) is 5.